The minimum atomic E-state index is 0.453. The van der Waals surface area contributed by atoms with Crippen molar-refractivity contribution >= 4 is 12.6 Å². The van der Waals surface area contributed by atoms with Crippen molar-refractivity contribution < 1.29 is 4.42 Å². The molecule has 18 heavy (non-hydrogen) atoms. The van der Waals surface area contributed by atoms with E-state index in [-0.39, 0.29) is 0 Å². The molecule has 2 aromatic rings. The zero-order valence-corrected chi connectivity index (χ0v) is 11.5. The summed E-state index contributed by atoms with van der Waals surface area (Å²) in [5.74, 6) is 2.31. The number of rotatable bonds is 6. The van der Waals surface area contributed by atoms with Crippen molar-refractivity contribution in [2.45, 2.75) is 12.5 Å². The Bertz CT molecular complexity index is 441. The van der Waals surface area contributed by atoms with Crippen LogP contribution in [0.3, 0.4) is 0 Å². The summed E-state index contributed by atoms with van der Waals surface area (Å²) in [7, 11) is 2.11. The van der Waals surface area contributed by atoms with Gasteiger partial charge in [0.2, 0.25) is 0 Å². The molecule has 96 valence electrons. The maximum atomic E-state index is 5.36. The minimum Gasteiger partial charge on any atom is -0.468 e. The van der Waals surface area contributed by atoms with Crippen molar-refractivity contribution in [3.63, 3.8) is 0 Å². The van der Waals surface area contributed by atoms with Crippen LogP contribution in [0.1, 0.15) is 17.2 Å². The van der Waals surface area contributed by atoms with Gasteiger partial charge in [-0.1, -0.05) is 30.3 Å². The van der Waals surface area contributed by atoms with Crippen LogP contribution in [-0.4, -0.2) is 24.2 Å². The molecular weight excluding hydrogens is 242 g/mol. The highest BCUT2D eigenvalue weighted by molar-refractivity contribution is 7.80. The molecule has 1 aromatic carbocycles. The third-order valence-corrected chi connectivity index (χ3v) is 3.47. The SMILES string of the molecule is CN(Cc1ccco1)CC(CS)c1ccccc1. The first-order valence-corrected chi connectivity index (χ1v) is 6.79. The lowest BCUT2D eigenvalue weighted by molar-refractivity contribution is 0.283. The Balaban J connectivity index is 1.94. The normalized spacial score (nSPS) is 12.8. The fraction of sp³-hybridized carbons (Fsp3) is 0.333. The highest BCUT2D eigenvalue weighted by Gasteiger charge is 2.13. The first-order chi connectivity index (χ1) is 8.79. The van der Waals surface area contributed by atoms with Crippen LogP contribution in [0.15, 0.2) is 53.1 Å². The number of likely N-dealkylation sites (N-methyl/N-ethyl adjacent to an activating group) is 1. The number of thiol groups is 1. The molecule has 0 fully saturated rings. The molecule has 0 N–H and O–H groups in total. The van der Waals surface area contributed by atoms with E-state index in [4.69, 9.17) is 4.42 Å². The van der Waals surface area contributed by atoms with Gasteiger partial charge in [0.1, 0.15) is 5.76 Å². The van der Waals surface area contributed by atoms with Gasteiger partial charge in [-0.05, 0) is 30.5 Å². The van der Waals surface area contributed by atoms with Gasteiger partial charge in [0.15, 0.2) is 0 Å². The van der Waals surface area contributed by atoms with E-state index in [1.165, 1.54) is 5.56 Å². The monoisotopic (exact) mass is 261 g/mol. The predicted molar refractivity (Wildman–Crippen MR) is 78.1 cm³/mol. The zero-order chi connectivity index (χ0) is 12.8. The lowest BCUT2D eigenvalue weighted by Gasteiger charge is -2.22. The molecule has 0 aliphatic rings. The van der Waals surface area contributed by atoms with Gasteiger partial charge in [-0.3, -0.25) is 4.90 Å². The lowest BCUT2D eigenvalue weighted by atomic mass is 10.0. The van der Waals surface area contributed by atoms with Gasteiger partial charge < -0.3 is 4.42 Å². The summed E-state index contributed by atoms with van der Waals surface area (Å²) < 4.78 is 5.36. The summed E-state index contributed by atoms with van der Waals surface area (Å²) in [6.07, 6.45) is 1.72. The highest BCUT2D eigenvalue weighted by atomic mass is 32.1. The summed E-state index contributed by atoms with van der Waals surface area (Å²) in [6.45, 7) is 1.82. The van der Waals surface area contributed by atoms with Crippen LogP contribution >= 0.6 is 12.6 Å². The van der Waals surface area contributed by atoms with E-state index in [1.54, 1.807) is 6.26 Å². The standard InChI is InChI=1S/C15H19NOS/c1-16(11-15-8-5-9-17-15)10-14(12-18)13-6-3-2-4-7-13/h2-9,14,18H,10-12H2,1H3. The van der Waals surface area contributed by atoms with E-state index in [2.05, 4.69) is 48.8 Å². The zero-order valence-electron chi connectivity index (χ0n) is 10.6. The maximum absolute atomic E-state index is 5.36. The molecule has 1 atom stereocenters. The minimum absolute atomic E-state index is 0.453. The molecule has 0 spiro atoms. The Kier molecular flexibility index (Phi) is 4.90. The van der Waals surface area contributed by atoms with Crippen LogP contribution in [0.4, 0.5) is 0 Å². The van der Waals surface area contributed by atoms with Gasteiger partial charge in [0.25, 0.3) is 0 Å². The van der Waals surface area contributed by atoms with Crippen molar-refractivity contribution in [2.24, 2.45) is 0 Å². The average molecular weight is 261 g/mol. The largest absolute Gasteiger partial charge is 0.468 e. The van der Waals surface area contributed by atoms with Gasteiger partial charge in [-0.15, -0.1) is 0 Å². The van der Waals surface area contributed by atoms with E-state index in [1.807, 2.05) is 18.2 Å². The summed E-state index contributed by atoms with van der Waals surface area (Å²) in [5.41, 5.74) is 1.35. The molecule has 0 saturated carbocycles. The summed E-state index contributed by atoms with van der Waals surface area (Å²) >= 11 is 4.47. The number of hydrogen-bond donors (Lipinski definition) is 1. The van der Waals surface area contributed by atoms with E-state index in [0.29, 0.717) is 5.92 Å². The fourth-order valence-corrected chi connectivity index (χ4v) is 2.43. The Labute approximate surface area is 114 Å². The Hall–Kier alpha value is -1.19. The fourth-order valence-electron chi connectivity index (χ4n) is 2.10. The van der Waals surface area contributed by atoms with E-state index < -0.39 is 0 Å². The lowest BCUT2D eigenvalue weighted by Crippen LogP contribution is -2.25. The highest BCUT2D eigenvalue weighted by Crippen LogP contribution is 2.18. The second kappa shape index (κ2) is 6.66. The van der Waals surface area contributed by atoms with Crippen molar-refractivity contribution in [1.82, 2.24) is 4.90 Å². The number of hydrogen-bond acceptors (Lipinski definition) is 3. The first-order valence-electron chi connectivity index (χ1n) is 6.16. The van der Waals surface area contributed by atoms with Crippen LogP contribution in [-0.2, 0) is 6.54 Å². The Morgan fingerprint density at radius 2 is 1.94 bits per heavy atom. The predicted octanol–water partition coefficient (Wildman–Crippen LogP) is 3.43. The van der Waals surface area contributed by atoms with Crippen LogP contribution in [0.2, 0.25) is 0 Å². The molecule has 3 heteroatoms. The van der Waals surface area contributed by atoms with Gasteiger partial charge in [0, 0.05) is 12.5 Å². The Morgan fingerprint density at radius 3 is 2.56 bits per heavy atom. The topological polar surface area (TPSA) is 16.4 Å². The quantitative estimate of drug-likeness (QED) is 0.802. The molecule has 0 bridgehead atoms. The molecule has 0 radical (unpaired) electrons. The molecule has 0 amide bonds. The van der Waals surface area contributed by atoms with Gasteiger partial charge in [-0.25, -0.2) is 0 Å². The maximum Gasteiger partial charge on any atom is 0.117 e. The second-order valence-corrected chi connectivity index (χ2v) is 4.93. The van der Waals surface area contributed by atoms with Crippen molar-refractivity contribution in [2.75, 3.05) is 19.3 Å². The van der Waals surface area contributed by atoms with Crippen LogP contribution in [0, 0.1) is 0 Å². The van der Waals surface area contributed by atoms with Gasteiger partial charge >= 0.3 is 0 Å². The van der Waals surface area contributed by atoms with Crippen molar-refractivity contribution in [1.29, 1.82) is 0 Å². The van der Waals surface area contributed by atoms with E-state index >= 15 is 0 Å². The average Bonchev–Trinajstić information content (AvgIpc) is 2.90. The number of furan rings is 1. The third kappa shape index (κ3) is 3.65. The van der Waals surface area contributed by atoms with Crippen LogP contribution in [0.5, 0.6) is 0 Å². The molecule has 1 heterocycles. The molecule has 0 saturated heterocycles. The molecule has 1 aromatic heterocycles. The molecule has 0 aliphatic carbocycles. The molecule has 0 aliphatic heterocycles. The summed E-state index contributed by atoms with van der Waals surface area (Å²) in [4.78, 5) is 2.27. The van der Waals surface area contributed by atoms with Crippen molar-refractivity contribution in [3.8, 4) is 0 Å². The number of benzene rings is 1. The second-order valence-electron chi connectivity index (χ2n) is 4.57. The van der Waals surface area contributed by atoms with Crippen LogP contribution < -0.4 is 0 Å². The molecule has 1 unspecified atom stereocenters. The molecule has 2 rings (SSSR count). The van der Waals surface area contributed by atoms with E-state index in [9.17, 15) is 0 Å². The smallest absolute Gasteiger partial charge is 0.117 e. The van der Waals surface area contributed by atoms with Gasteiger partial charge in [-0.2, -0.15) is 12.6 Å². The molecular formula is C15H19NOS. The first kappa shape index (κ1) is 13.2. The summed E-state index contributed by atoms with van der Waals surface area (Å²) in [6, 6.07) is 14.5. The number of nitrogens with zero attached hydrogens (tertiary/aromatic N) is 1. The molecule has 2 nitrogen and oxygen atoms in total. The van der Waals surface area contributed by atoms with Gasteiger partial charge in [0.05, 0.1) is 12.8 Å². The van der Waals surface area contributed by atoms with Crippen LogP contribution in [0.25, 0.3) is 0 Å². The van der Waals surface area contributed by atoms with Crippen molar-refractivity contribution in [3.05, 3.63) is 60.1 Å². The van der Waals surface area contributed by atoms with E-state index in [0.717, 1.165) is 24.6 Å². The third-order valence-electron chi connectivity index (χ3n) is 3.03. The Morgan fingerprint density at radius 1 is 1.17 bits per heavy atom. The summed E-state index contributed by atoms with van der Waals surface area (Å²) in [5, 5.41) is 0.